The largest absolute Gasteiger partial charge is 0.351 e. The van der Waals surface area contributed by atoms with E-state index in [2.05, 4.69) is 27.8 Å². The summed E-state index contributed by atoms with van der Waals surface area (Å²) in [5, 5.41) is 7.37. The van der Waals surface area contributed by atoms with Gasteiger partial charge in [-0.3, -0.25) is 4.79 Å². The Balaban J connectivity index is 1.45. The maximum Gasteiger partial charge on any atom is 0.251 e. The minimum atomic E-state index is -0.0104. The monoisotopic (exact) mass is 344 g/mol. The van der Waals surface area contributed by atoms with Gasteiger partial charge >= 0.3 is 0 Å². The highest BCUT2D eigenvalue weighted by Gasteiger charge is 2.15. The average Bonchev–Trinajstić information content (AvgIpc) is 3.04. The molecule has 5 nitrogen and oxygen atoms in total. The van der Waals surface area contributed by atoms with E-state index < -0.39 is 0 Å². The summed E-state index contributed by atoms with van der Waals surface area (Å²) in [7, 11) is 1.97. The average molecular weight is 344 g/mol. The molecule has 2 heterocycles. The topological polar surface area (TPSA) is 59.0 Å². The van der Waals surface area contributed by atoms with Crippen LogP contribution >= 0.6 is 11.8 Å². The van der Waals surface area contributed by atoms with Gasteiger partial charge in [0.25, 0.3) is 5.91 Å². The second kappa shape index (κ2) is 8.35. The Morgan fingerprint density at radius 2 is 2.25 bits per heavy atom. The summed E-state index contributed by atoms with van der Waals surface area (Å²) in [6.45, 7) is 2.79. The molecule has 0 spiro atoms. The van der Waals surface area contributed by atoms with E-state index in [-0.39, 0.29) is 5.91 Å². The second-order valence-electron chi connectivity index (χ2n) is 6.09. The zero-order valence-electron chi connectivity index (χ0n) is 14.0. The van der Waals surface area contributed by atoms with Crippen molar-refractivity contribution >= 4 is 17.7 Å². The van der Waals surface area contributed by atoms with Crippen LogP contribution < -0.4 is 10.6 Å². The molecular formula is C18H24N4OS. The molecule has 1 aromatic heterocycles. The van der Waals surface area contributed by atoms with Crippen molar-refractivity contribution in [3.8, 4) is 0 Å². The number of nitrogens with one attached hydrogen (secondary N) is 2. The molecule has 1 saturated heterocycles. The van der Waals surface area contributed by atoms with Crippen molar-refractivity contribution in [3.05, 3.63) is 47.8 Å². The summed E-state index contributed by atoms with van der Waals surface area (Å²) in [4.78, 5) is 16.5. The fourth-order valence-corrected chi connectivity index (χ4v) is 3.73. The normalized spacial score (nSPS) is 17.6. The lowest BCUT2D eigenvalue weighted by Crippen LogP contribution is -2.28. The number of carbonyl (C=O) groups excluding carboxylic acids is 1. The number of amides is 1. The maximum atomic E-state index is 12.2. The fourth-order valence-electron chi connectivity index (χ4n) is 2.94. The van der Waals surface area contributed by atoms with Gasteiger partial charge in [-0.25, -0.2) is 4.98 Å². The summed E-state index contributed by atoms with van der Waals surface area (Å²) in [6.07, 6.45) is 6.15. The molecule has 1 amide bonds. The SMILES string of the molecule is Cn1ccnc1SCCNC(=O)c1ccc(C2CCCNC2)cc1. The molecule has 1 unspecified atom stereocenters. The lowest BCUT2D eigenvalue weighted by atomic mass is 9.91. The number of nitrogens with zero attached hydrogens (tertiary/aromatic N) is 2. The van der Waals surface area contributed by atoms with E-state index in [1.807, 2.05) is 29.9 Å². The van der Waals surface area contributed by atoms with Gasteiger partial charge in [0.05, 0.1) is 0 Å². The van der Waals surface area contributed by atoms with E-state index in [4.69, 9.17) is 0 Å². The highest BCUT2D eigenvalue weighted by atomic mass is 32.2. The van der Waals surface area contributed by atoms with Crippen LogP contribution in [-0.4, -0.2) is 40.8 Å². The van der Waals surface area contributed by atoms with E-state index >= 15 is 0 Å². The van der Waals surface area contributed by atoms with Gasteiger partial charge in [0.2, 0.25) is 0 Å². The maximum absolute atomic E-state index is 12.2. The van der Waals surface area contributed by atoms with Gasteiger partial charge in [0.1, 0.15) is 0 Å². The molecule has 1 aliphatic rings. The molecule has 0 bridgehead atoms. The van der Waals surface area contributed by atoms with Crippen LogP contribution in [0.5, 0.6) is 0 Å². The third-order valence-corrected chi connectivity index (χ3v) is 5.40. The minimum absolute atomic E-state index is 0.0104. The van der Waals surface area contributed by atoms with Gasteiger partial charge in [0, 0.05) is 43.8 Å². The minimum Gasteiger partial charge on any atom is -0.351 e. The molecule has 2 N–H and O–H groups in total. The number of imidazole rings is 1. The van der Waals surface area contributed by atoms with Gasteiger partial charge < -0.3 is 15.2 Å². The van der Waals surface area contributed by atoms with Crippen molar-refractivity contribution in [3.63, 3.8) is 0 Å². The Bertz CT molecular complexity index is 662. The highest BCUT2D eigenvalue weighted by Crippen LogP contribution is 2.23. The first-order valence-electron chi connectivity index (χ1n) is 8.43. The van der Waals surface area contributed by atoms with Gasteiger partial charge in [-0.15, -0.1) is 0 Å². The Hall–Kier alpha value is -1.79. The number of aryl methyl sites for hydroxylation is 1. The first-order chi connectivity index (χ1) is 11.7. The highest BCUT2D eigenvalue weighted by molar-refractivity contribution is 7.99. The van der Waals surface area contributed by atoms with Crippen LogP contribution in [0.1, 0.15) is 34.7 Å². The zero-order chi connectivity index (χ0) is 16.8. The number of aromatic nitrogens is 2. The third-order valence-electron chi connectivity index (χ3n) is 4.34. The number of rotatable bonds is 6. The number of carbonyl (C=O) groups is 1. The summed E-state index contributed by atoms with van der Waals surface area (Å²) in [5.41, 5.74) is 2.05. The molecule has 2 aromatic rings. The van der Waals surface area contributed by atoms with Crippen LogP contribution in [0.4, 0.5) is 0 Å². The van der Waals surface area contributed by atoms with Crippen molar-refractivity contribution in [1.82, 2.24) is 20.2 Å². The van der Waals surface area contributed by atoms with Crippen LogP contribution in [0.2, 0.25) is 0 Å². The van der Waals surface area contributed by atoms with Crippen LogP contribution in [0, 0.1) is 0 Å². The molecule has 1 aromatic carbocycles. The molecule has 1 atom stereocenters. The van der Waals surface area contributed by atoms with Gasteiger partial charge in [-0.1, -0.05) is 23.9 Å². The summed E-state index contributed by atoms with van der Waals surface area (Å²) < 4.78 is 1.98. The summed E-state index contributed by atoms with van der Waals surface area (Å²) in [6, 6.07) is 8.06. The van der Waals surface area contributed by atoms with E-state index in [1.54, 1.807) is 18.0 Å². The molecular weight excluding hydrogens is 320 g/mol. The lowest BCUT2D eigenvalue weighted by Gasteiger charge is -2.23. The Morgan fingerprint density at radius 3 is 2.92 bits per heavy atom. The number of benzene rings is 1. The lowest BCUT2D eigenvalue weighted by molar-refractivity contribution is 0.0956. The molecule has 0 saturated carbocycles. The van der Waals surface area contributed by atoms with Crippen molar-refractivity contribution in [2.24, 2.45) is 7.05 Å². The van der Waals surface area contributed by atoms with Gasteiger partial charge in [-0.05, 0) is 43.0 Å². The second-order valence-corrected chi connectivity index (χ2v) is 7.15. The van der Waals surface area contributed by atoms with E-state index in [0.717, 1.165) is 29.6 Å². The van der Waals surface area contributed by atoms with Crippen molar-refractivity contribution < 1.29 is 4.79 Å². The number of hydrogen-bond donors (Lipinski definition) is 2. The zero-order valence-corrected chi connectivity index (χ0v) is 14.8. The quantitative estimate of drug-likeness (QED) is 0.624. The first kappa shape index (κ1) is 17.0. The van der Waals surface area contributed by atoms with Crippen molar-refractivity contribution in [2.45, 2.75) is 23.9 Å². The summed E-state index contributed by atoms with van der Waals surface area (Å²) >= 11 is 1.64. The molecule has 0 aliphatic carbocycles. The predicted octanol–water partition coefficient (Wildman–Crippen LogP) is 2.41. The molecule has 128 valence electrons. The molecule has 3 rings (SSSR count). The number of thioether (sulfide) groups is 1. The number of hydrogen-bond acceptors (Lipinski definition) is 4. The van der Waals surface area contributed by atoms with Crippen LogP contribution in [-0.2, 0) is 7.05 Å². The Kier molecular flexibility index (Phi) is 5.93. The van der Waals surface area contributed by atoms with E-state index in [9.17, 15) is 4.79 Å². The predicted molar refractivity (Wildman–Crippen MR) is 97.6 cm³/mol. The van der Waals surface area contributed by atoms with Gasteiger partial charge in [-0.2, -0.15) is 0 Å². The molecule has 0 radical (unpaired) electrons. The van der Waals surface area contributed by atoms with E-state index in [1.165, 1.54) is 18.4 Å². The summed E-state index contributed by atoms with van der Waals surface area (Å²) in [5.74, 6) is 1.37. The standard InChI is InChI=1S/C18H24N4OS/c1-22-11-9-21-18(22)24-12-10-20-17(23)15-6-4-14(5-7-15)16-3-2-8-19-13-16/h4-7,9,11,16,19H,2-3,8,10,12-13H2,1H3,(H,20,23). The van der Waals surface area contributed by atoms with Crippen molar-refractivity contribution in [2.75, 3.05) is 25.4 Å². The van der Waals surface area contributed by atoms with Gasteiger partial charge in [0.15, 0.2) is 5.16 Å². The van der Waals surface area contributed by atoms with E-state index in [0.29, 0.717) is 12.5 Å². The number of piperidine rings is 1. The fraction of sp³-hybridized carbons (Fsp3) is 0.444. The third kappa shape index (κ3) is 4.39. The van der Waals surface area contributed by atoms with Crippen molar-refractivity contribution in [1.29, 1.82) is 0 Å². The Morgan fingerprint density at radius 1 is 1.42 bits per heavy atom. The molecule has 24 heavy (non-hydrogen) atoms. The Labute approximate surface area is 147 Å². The molecule has 6 heteroatoms. The molecule has 1 fully saturated rings. The van der Waals surface area contributed by atoms with Crippen LogP contribution in [0.3, 0.4) is 0 Å². The molecule has 1 aliphatic heterocycles. The van der Waals surface area contributed by atoms with Crippen LogP contribution in [0.25, 0.3) is 0 Å². The van der Waals surface area contributed by atoms with Crippen LogP contribution in [0.15, 0.2) is 41.8 Å². The smallest absolute Gasteiger partial charge is 0.251 e. The first-order valence-corrected chi connectivity index (χ1v) is 9.41.